The van der Waals surface area contributed by atoms with Gasteiger partial charge < -0.3 is 20.5 Å². The summed E-state index contributed by atoms with van der Waals surface area (Å²) in [5.74, 6) is -0.0173. The molecule has 0 bridgehead atoms. The zero-order valence-corrected chi connectivity index (χ0v) is 10.6. The highest BCUT2D eigenvalue weighted by Gasteiger charge is 2.18. The lowest BCUT2D eigenvalue weighted by molar-refractivity contribution is -0.0441. The van der Waals surface area contributed by atoms with Crippen LogP contribution in [0.4, 0.5) is 11.5 Å². The van der Waals surface area contributed by atoms with Crippen LogP contribution in [0.3, 0.4) is 0 Å². The van der Waals surface area contributed by atoms with Gasteiger partial charge in [0.05, 0.1) is 13.2 Å². The summed E-state index contributed by atoms with van der Waals surface area (Å²) in [4.78, 5) is 11.9. The van der Waals surface area contributed by atoms with E-state index in [0.717, 1.165) is 5.56 Å². The number of H-pyrrole nitrogens is 1. The van der Waals surface area contributed by atoms with E-state index in [2.05, 4.69) is 15.5 Å². The van der Waals surface area contributed by atoms with Crippen LogP contribution >= 0.6 is 0 Å². The number of aromatic nitrogens is 2. The van der Waals surface area contributed by atoms with Crippen molar-refractivity contribution in [1.82, 2.24) is 10.2 Å². The Hall–Kier alpha value is -2.38. The molecule has 1 aromatic carbocycles. The molecular formula is C13H14N4O3. The second kappa shape index (κ2) is 5.32. The van der Waals surface area contributed by atoms with Crippen molar-refractivity contribution in [3.8, 4) is 0 Å². The number of nitrogen functional groups attached to an aromatic ring is 1. The Morgan fingerprint density at radius 1 is 1.30 bits per heavy atom. The number of rotatable bonds is 3. The van der Waals surface area contributed by atoms with Gasteiger partial charge in [-0.25, -0.2) is 0 Å². The van der Waals surface area contributed by atoms with Crippen molar-refractivity contribution in [1.29, 1.82) is 0 Å². The smallest absolute Gasteiger partial charge is 0.273 e. The molecule has 7 nitrogen and oxygen atoms in total. The summed E-state index contributed by atoms with van der Waals surface area (Å²) in [7, 11) is 0. The van der Waals surface area contributed by atoms with Crippen LogP contribution in [0.15, 0.2) is 30.3 Å². The van der Waals surface area contributed by atoms with Gasteiger partial charge in [0.2, 0.25) is 0 Å². The van der Waals surface area contributed by atoms with Gasteiger partial charge in [-0.3, -0.25) is 9.89 Å². The van der Waals surface area contributed by atoms with Gasteiger partial charge in [0.1, 0.15) is 11.5 Å². The van der Waals surface area contributed by atoms with Gasteiger partial charge in [-0.05, 0) is 12.1 Å². The molecular weight excluding hydrogens is 260 g/mol. The van der Waals surface area contributed by atoms with Crippen molar-refractivity contribution < 1.29 is 14.3 Å². The van der Waals surface area contributed by atoms with Crippen LogP contribution in [0.5, 0.6) is 0 Å². The lowest BCUT2D eigenvalue weighted by Crippen LogP contribution is -2.12. The summed E-state index contributed by atoms with van der Waals surface area (Å²) >= 11 is 0. The van der Waals surface area contributed by atoms with Crippen molar-refractivity contribution in [2.24, 2.45) is 0 Å². The van der Waals surface area contributed by atoms with Gasteiger partial charge in [-0.2, -0.15) is 5.10 Å². The van der Waals surface area contributed by atoms with Crippen LogP contribution in [-0.4, -0.2) is 29.3 Å². The summed E-state index contributed by atoms with van der Waals surface area (Å²) in [5, 5.41) is 9.00. The molecule has 1 aliphatic heterocycles. The Morgan fingerprint density at radius 2 is 2.00 bits per heavy atom. The highest BCUT2D eigenvalue weighted by molar-refractivity contribution is 6.03. The second-order valence-corrected chi connectivity index (χ2v) is 4.36. The number of carbonyl (C=O) groups excluding carboxylic acids is 1. The fourth-order valence-corrected chi connectivity index (χ4v) is 1.93. The Kier molecular flexibility index (Phi) is 3.36. The Balaban J connectivity index is 1.67. The number of nitrogens with one attached hydrogen (secondary N) is 2. The summed E-state index contributed by atoms with van der Waals surface area (Å²) in [5.41, 5.74) is 7.36. The maximum atomic E-state index is 11.9. The van der Waals surface area contributed by atoms with Gasteiger partial charge in [0.25, 0.3) is 5.91 Å². The molecule has 1 aromatic heterocycles. The number of hydrogen-bond acceptors (Lipinski definition) is 5. The summed E-state index contributed by atoms with van der Waals surface area (Å²) in [6.07, 6.45) is -0.313. The topological polar surface area (TPSA) is 102 Å². The second-order valence-electron chi connectivity index (χ2n) is 4.36. The maximum Gasteiger partial charge on any atom is 0.273 e. The normalized spacial score (nSPS) is 15.4. The third kappa shape index (κ3) is 2.63. The molecule has 0 atom stereocenters. The van der Waals surface area contributed by atoms with Crippen LogP contribution in [0, 0.1) is 0 Å². The predicted molar refractivity (Wildman–Crippen MR) is 72.0 cm³/mol. The molecule has 104 valence electrons. The monoisotopic (exact) mass is 274 g/mol. The Bertz CT molecular complexity index is 602. The van der Waals surface area contributed by atoms with Gasteiger partial charge >= 0.3 is 0 Å². The zero-order valence-electron chi connectivity index (χ0n) is 10.6. The number of anilines is 2. The van der Waals surface area contributed by atoms with Gasteiger partial charge in [0.15, 0.2) is 6.29 Å². The van der Waals surface area contributed by atoms with Crippen LogP contribution in [0.2, 0.25) is 0 Å². The van der Waals surface area contributed by atoms with E-state index in [4.69, 9.17) is 15.2 Å². The number of carbonyl (C=O) groups is 1. The minimum atomic E-state index is -0.313. The summed E-state index contributed by atoms with van der Waals surface area (Å²) in [6, 6.07) is 8.76. The van der Waals surface area contributed by atoms with Gasteiger partial charge in [-0.1, -0.05) is 12.1 Å². The fraction of sp³-hybridized carbons (Fsp3) is 0.231. The number of aromatic amines is 1. The van der Waals surface area contributed by atoms with E-state index in [1.807, 2.05) is 12.1 Å². The minimum Gasteiger partial charge on any atom is -0.382 e. The standard InChI is InChI=1S/C13H14N4O3/c14-11-7-10(16-17-11)12(18)15-9-3-1-8(2-4-9)13-19-5-6-20-13/h1-4,7,13H,5-6H2,(H,15,18)(H3,14,16,17). The third-order valence-corrected chi connectivity index (χ3v) is 2.90. The summed E-state index contributed by atoms with van der Waals surface area (Å²) < 4.78 is 10.8. The number of ether oxygens (including phenoxy) is 2. The molecule has 3 rings (SSSR count). The Labute approximate surface area is 115 Å². The van der Waals surface area contributed by atoms with Gasteiger partial charge in [0, 0.05) is 17.3 Å². The highest BCUT2D eigenvalue weighted by atomic mass is 16.7. The third-order valence-electron chi connectivity index (χ3n) is 2.90. The first-order valence-electron chi connectivity index (χ1n) is 6.18. The number of nitrogens with zero attached hydrogens (tertiary/aromatic N) is 1. The minimum absolute atomic E-state index is 0.279. The molecule has 7 heteroatoms. The van der Waals surface area contributed by atoms with E-state index in [-0.39, 0.29) is 18.0 Å². The van der Waals surface area contributed by atoms with Crippen molar-refractivity contribution >= 4 is 17.4 Å². The van der Waals surface area contributed by atoms with Crippen LogP contribution < -0.4 is 11.1 Å². The molecule has 20 heavy (non-hydrogen) atoms. The Morgan fingerprint density at radius 3 is 2.60 bits per heavy atom. The van der Waals surface area contributed by atoms with E-state index in [9.17, 15) is 4.79 Å². The van der Waals surface area contributed by atoms with E-state index >= 15 is 0 Å². The van der Waals surface area contributed by atoms with Crippen molar-refractivity contribution in [3.05, 3.63) is 41.6 Å². The van der Waals surface area contributed by atoms with E-state index in [1.54, 1.807) is 12.1 Å². The van der Waals surface area contributed by atoms with E-state index < -0.39 is 0 Å². The molecule has 4 N–H and O–H groups in total. The van der Waals surface area contributed by atoms with Crippen molar-refractivity contribution in [3.63, 3.8) is 0 Å². The lowest BCUT2D eigenvalue weighted by atomic mass is 10.2. The number of amides is 1. The average Bonchev–Trinajstić information content (AvgIpc) is 3.10. The molecule has 0 spiro atoms. The van der Waals surface area contributed by atoms with Crippen molar-refractivity contribution in [2.75, 3.05) is 24.3 Å². The molecule has 0 unspecified atom stereocenters. The number of benzene rings is 1. The highest BCUT2D eigenvalue weighted by Crippen LogP contribution is 2.24. The van der Waals surface area contributed by atoms with Gasteiger partial charge in [-0.15, -0.1) is 0 Å². The fourth-order valence-electron chi connectivity index (χ4n) is 1.93. The predicted octanol–water partition coefficient (Wildman–Crippen LogP) is 1.29. The van der Waals surface area contributed by atoms with Crippen LogP contribution in [0.25, 0.3) is 0 Å². The first kappa shape index (κ1) is 12.6. The molecule has 1 amide bonds. The molecule has 1 aliphatic rings. The zero-order chi connectivity index (χ0) is 13.9. The van der Waals surface area contributed by atoms with E-state index in [0.29, 0.717) is 24.6 Å². The molecule has 1 saturated heterocycles. The SMILES string of the molecule is Nc1cc(C(=O)Nc2ccc(C3OCCO3)cc2)[nH]n1. The number of nitrogens with two attached hydrogens (primary N) is 1. The van der Waals surface area contributed by atoms with Crippen LogP contribution in [-0.2, 0) is 9.47 Å². The largest absolute Gasteiger partial charge is 0.382 e. The van der Waals surface area contributed by atoms with E-state index in [1.165, 1.54) is 6.07 Å². The molecule has 2 heterocycles. The maximum absolute atomic E-state index is 11.9. The van der Waals surface area contributed by atoms with Crippen molar-refractivity contribution in [2.45, 2.75) is 6.29 Å². The number of hydrogen-bond donors (Lipinski definition) is 3. The van der Waals surface area contributed by atoms with Crippen LogP contribution in [0.1, 0.15) is 22.3 Å². The molecule has 2 aromatic rings. The first-order valence-corrected chi connectivity index (χ1v) is 6.18. The molecule has 0 aliphatic carbocycles. The molecule has 0 saturated carbocycles. The quantitative estimate of drug-likeness (QED) is 0.782. The summed E-state index contributed by atoms with van der Waals surface area (Å²) in [6.45, 7) is 1.20. The molecule has 0 radical (unpaired) electrons. The molecule has 1 fully saturated rings. The lowest BCUT2D eigenvalue weighted by Gasteiger charge is -2.10. The average molecular weight is 274 g/mol. The first-order chi connectivity index (χ1) is 9.72.